The summed E-state index contributed by atoms with van der Waals surface area (Å²) in [7, 11) is -3.67. The van der Waals surface area contributed by atoms with Gasteiger partial charge < -0.3 is 10.4 Å². The van der Waals surface area contributed by atoms with Crippen LogP contribution in [0.4, 0.5) is 19.4 Å². The highest BCUT2D eigenvalue weighted by Crippen LogP contribution is 2.45. The number of anilines is 1. The van der Waals surface area contributed by atoms with Crippen LogP contribution in [-0.4, -0.2) is 70.3 Å². The number of benzene rings is 1. The maximum atomic E-state index is 15.5. The van der Waals surface area contributed by atoms with Gasteiger partial charge in [0.25, 0.3) is 16.0 Å². The van der Waals surface area contributed by atoms with Crippen molar-refractivity contribution in [2.24, 2.45) is 11.8 Å². The first kappa shape index (κ1) is 24.8. The van der Waals surface area contributed by atoms with Gasteiger partial charge in [0.2, 0.25) is 0 Å². The fraction of sp³-hybridized carbons (Fsp3) is 0.476. The Bertz CT molecular complexity index is 1040. The second-order valence-corrected chi connectivity index (χ2v) is 9.69. The average molecular weight is 485 g/mol. The van der Waals surface area contributed by atoms with Gasteiger partial charge >= 0.3 is 6.09 Å². The smallest absolute Gasteiger partial charge is 0.407 e. The van der Waals surface area contributed by atoms with Crippen LogP contribution in [0.1, 0.15) is 17.5 Å². The maximum Gasteiger partial charge on any atom is 0.407 e. The lowest BCUT2D eigenvalue weighted by Crippen LogP contribution is -2.62. The maximum absolute atomic E-state index is 15.5. The fourth-order valence-corrected chi connectivity index (χ4v) is 4.54. The quantitative estimate of drug-likeness (QED) is 0.565. The largest absolute Gasteiger partial charge is 0.465 e. The zero-order chi connectivity index (χ0) is 24.2. The standard InChI is InChI=1S/C20H22F2N4O2.CH4O3S/c21-20(22)16(11-24-17-5-7-23-12-25-17)6-8-26(19(27)28)18(20)15-9-13-3-1-2-4-14(13)10-15;1-5(2,3)4/h1-5,7,12,15-16,18H,6,8-11H2,(H,27,28)(H,23,24,25);1H3,(H,2,3,4). The minimum atomic E-state index is -3.67. The highest BCUT2D eigenvalue weighted by molar-refractivity contribution is 7.85. The number of nitrogens with one attached hydrogen (secondary N) is 1. The Hall–Kier alpha value is -2.86. The lowest BCUT2D eigenvalue weighted by atomic mass is 9.79. The van der Waals surface area contributed by atoms with Crippen LogP contribution in [0.25, 0.3) is 0 Å². The molecule has 2 unspecified atom stereocenters. The van der Waals surface area contributed by atoms with Gasteiger partial charge in [-0.15, -0.1) is 0 Å². The molecule has 0 saturated carbocycles. The van der Waals surface area contributed by atoms with Crippen LogP contribution in [-0.2, 0) is 23.0 Å². The summed E-state index contributed by atoms with van der Waals surface area (Å²) < 4.78 is 57.0. The number of nitrogens with zero attached hydrogens (tertiary/aromatic N) is 3. The molecular weight excluding hydrogens is 458 g/mol. The van der Waals surface area contributed by atoms with E-state index in [1.807, 2.05) is 24.3 Å². The third-order valence-electron chi connectivity index (χ3n) is 5.88. The third kappa shape index (κ3) is 6.35. The van der Waals surface area contributed by atoms with Gasteiger partial charge in [-0.3, -0.25) is 9.45 Å². The van der Waals surface area contributed by atoms with Crippen LogP contribution in [0, 0.1) is 11.8 Å². The predicted molar refractivity (Wildman–Crippen MR) is 117 cm³/mol. The monoisotopic (exact) mass is 484 g/mol. The van der Waals surface area contributed by atoms with Crippen molar-refractivity contribution in [1.29, 1.82) is 0 Å². The van der Waals surface area contributed by atoms with Gasteiger partial charge in [0.1, 0.15) is 18.2 Å². The molecule has 2 atom stereocenters. The summed E-state index contributed by atoms with van der Waals surface area (Å²) in [6.07, 6.45) is 3.40. The number of fused-ring (bicyclic) bond motifs is 1. The second-order valence-electron chi connectivity index (χ2n) is 8.23. The van der Waals surface area contributed by atoms with Crippen molar-refractivity contribution in [3.63, 3.8) is 0 Å². The van der Waals surface area contributed by atoms with Crippen LogP contribution in [0.5, 0.6) is 0 Å². The molecule has 33 heavy (non-hydrogen) atoms. The number of amides is 1. The lowest BCUT2D eigenvalue weighted by Gasteiger charge is -2.46. The van der Waals surface area contributed by atoms with E-state index in [-0.39, 0.29) is 19.5 Å². The van der Waals surface area contributed by atoms with Gasteiger partial charge in [-0.05, 0) is 42.4 Å². The van der Waals surface area contributed by atoms with Gasteiger partial charge in [-0.2, -0.15) is 8.42 Å². The first-order chi connectivity index (χ1) is 15.5. The molecule has 2 aromatic rings. The lowest BCUT2D eigenvalue weighted by molar-refractivity contribution is -0.156. The van der Waals surface area contributed by atoms with Gasteiger partial charge in [-0.25, -0.2) is 23.5 Å². The van der Waals surface area contributed by atoms with Gasteiger partial charge in [0.15, 0.2) is 0 Å². The van der Waals surface area contributed by atoms with Crippen molar-refractivity contribution < 1.29 is 31.7 Å². The summed E-state index contributed by atoms with van der Waals surface area (Å²) in [4.78, 5) is 20.5. The number of hydrogen-bond acceptors (Lipinski definition) is 6. The number of carbonyl (C=O) groups is 1. The number of alkyl halides is 2. The van der Waals surface area contributed by atoms with Crippen molar-refractivity contribution in [3.05, 3.63) is 54.0 Å². The molecule has 1 aromatic heterocycles. The van der Waals surface area contributed by atoms with E-state index >= 15 is 8.78 Å². The van der Waals surface area contributed by atoms with Crippen molar-refractivity contribution in [2.75, 3.05) is 24.7 Å². The van der Waals surface area contributed by atoms with E-state index in [0.717, 1.165) is 16.0 Å². The zero-order valence-electron chi connectivity index (χ0n) is 17.9. The Morgan fingerprint density at radius 3 is 2.36 bits per heavy atom. The summed E-state index contributed by atoms with van der Waals surface area (Å²) in [5.41, 5.74) is 2.07. The highest BCUT2D eigenvalue weighted by Gasteiger charge is 2.57. The van der Waals surface area contributed by atoms with Crippen molar-refractivity contribution in [3.8, 4) is 0 Å². The Morgan fingerprint density at radius 1 is 1.24 bits per heavy atom. The minimum Gasteiger partial charge on any atom is -0.465 e. The molecule has 2 aliphatic rings. The Labute approximate surface area is 190 Å². The van der Waals surface area contributed by atoms with Crippen LogP contribution in [0.15, 0.2) is 42.9 Å². The molecule has 0 radical (unpaired) electrons. The van der Waals surface area contributed by atoms with Gasteiger partial charge in [-0.1, -0.05) is 24.3 Å². The molecule has 1 aromatic carbocycles. The summed E-state index contributed by atoms with van der Waals surface area (Å²) in [5.74, 6) is -4.04. The molecule has 180 valence electrons. The topological polar surface area (TPSA) is 133 Å². The molecule has 0 bridgehead atoms. The second kappa shape index (κ2) is 9.96. The molecule has 0 spiro atoms. The van der Waals surface area contributed by atoms with Crippen LogP contribution in [0.2, 0.25) is 0 Å². The van der Waals surface area contributed by atoms with E-state index in [9.17, 15) is 18.3 Å². The molecule has 2 heterocycles. The summed E-state index contributed by atoms with van der Waals surface area (Å²) in [6, 6.07) is 7.96. The molecule has 1 aliphatic heterocycles. The van der Waals surface area contributed by atoms with Crippen molar-refractivity contribution in [2.45, 2.75) is 31.2 Å². The van der Waals surface area contributed by atoms with Crippen molar-refractivity contribution in [1.82, 2.24) is 14.9 Å². The Kier molecular flexibility index (Phi) is 7.48. The van der Waals surface area contributed by atoms with E-state index in [1.165, 1.54) is 6.33 Å². The Balaban J connectivity index is 0.000000555. The number of halogens is 2. The first-order valence-electron chi connectivity index (χ1n) is 10.3. The van der Waals surface area contributed by atoms with Crippen molar-refractivity contribution >= 4 is 22.0 Å². The number of hydrogen-bond donors (Lipinski definition) is 3. The van der Waals surface area contributed by atoms with E-state index in [0.29, 0.717) is 24.9 Å². The van der Waals surface area contributed by atoms with E-state index in [2.05, 4.69) is 15.3 Å². The van der Waals surface area contributed by atoms with Gasteiger partial charge in [0, 0.05) is 25.2 Å². The Morgan fingerprint density at radius 2 is 1.85 bits per heavy atom. The molecule has 1 fully saturated rings. The van der Waals surface area contributed by atoms with Crippen LogP contribution in [0.3, 0.4) is 0 Å². The van der Waals surface area contributed by atoms with Crippen LogP contribution >= 0.6 is 0 Å². The zero-order valence-corrected chi connectivity index (χ0v) is 18.8. The molecule has 12 heteroatoms. The molecule has 1 amide bonds. The fourth-order valence-electron chi connectivity index (χ4n) is 4.54. The molecular formula is C21H26F2N4O5S. The summed E-state index contributed by atoms with van der Waals surface area (Å²) in [5, 5.41) is 12.5. The SMILES string of the molecule is CS(=O)(=O)O.O=C(O)N1CCC(CNc2ccncn2)C(F)(F)C1C1Cc2ccccc2C1. The molecule has 1 aliphatic carbocycles. The number of aromatic nitrogens is 2. The number of likely N-dealkylation sites (tertiary alicyclic amines) is 1. The molecule has 4 rings (SSSR count). The third-order valence-corrected chi connectivity index (χ3v) is 5.88. The summed E-state index contributed by atoms with van der Waals surface area (Å²) in [6.45, 7) is 0.145. The number of rotatable bonds is 4. The van der Waals surface area contributed by atoms with Gasteiger partial charge in [0.05, 0.1) is 6.26 Å². The number of carboxylic acid groups (broad SMARTS) is 1. The normalized spacial score (nSPS) is 22.1. The van der Waals surface area contributed by atoms with E-state index in [4.69, 9.17) is 4.55 Å². The molecule has 9 nitrogen and oxygen atoms in total. The minimum absolute atomic E-state index is 0.0354. The van der Waals surface area contributed by atoms with E-state index in [1.54, 1.807) is 12.3 Å². The van der Waals surface area contributed by atoms with E-state index < -0.39 is 40.0 Å². The highest BCUT2D eigenvalue weighted by atomic mass is 32.2. The van der Waals surface area contributed by atoms with Crippen LogP contribution < -0.4 is 5.32 Å². The predicted octanol–water partition coefficient (Wildman–Crippen LogP) is 2.81. The summed E-state index contributed by atoms with van der Waals surface area (Å²) >= 11 is 0. The number of piperidine rings is 1. The first-order valence-corrected chi connectivity index (χ1v) is 12.2. The molecule has 3 N–H and O–H groups in total. The molecule has 1 saturated heterocycles. The average Bonchev–Trinajstić information content (AvgIpc) is 3.15.